The molecule has 0 spiro atoms. The third kappa shape index (κ3) is 3.43. The lowest BCUT2D eigenvalue weighted by Crippen LogP contribution is -2.46. The van der Waals surface area contributed by atoms with Crippen LogP contribution in [0.4, 0.5) is 0 Å². The molecular weight excluding hydrogens is 226 g/mol. The maximum atomic E-state index is 12.0. The fourth-order valence-corrected chi connectivity index (χ4v) is 3.81. The van der Waals surface area contributed by atoms with Crippen LogP contribution >= 0.6 is 0 Å². The fourth-order valence-electron chi connectivity index (χ4n) is 2.10. The average molecular weight is 249 g/mol. The molecule has 0 aromatic rings. The molecule has 0 radical (unpaired) electrons. The van der Waals surface area contributed by atoms with E-state index < -0.39 is 10.0 Å². The Morgan fingerprint density at radius 1 is 1.38 bits per heavy atom. The Labute approximate surface area is 98.7 Å². The molecule has 2 unspecified atom stereocenters. The average Bonchev–Trinajstić information content (AvgIpc) is 2.27. The number of nitrogens with zero attached hydrogens (tertiary/aromatic N) is 1. The zero-order valence-electron chi connectivity index (χ0n) is 10.2. The molecule has 1 N–H and O–H groups in total. The van der Waals surface area contributed by atoms with Gasteiger partial charge in [0.25, 0.3) is 0 Å². The van der Waals surface area contributed by atoms with Crippen molar-refractivity contribution in [3.05, 3.63) is 0 Å². The minimum Gasteiger partial charge on any atom is -0.393 e. The van der Waals surface area contributed by atoms with E-state index in [9.17, 15) is 13.5 Å². The monoisotopic (exact) mass is 249 g/mol. The Balaban J connectivity index is 2.60. The molecule has 0 bridgehead atoms. The topological polar surface area (TPSA) is 57.6 Å². The van der Waals surface area contributed by atoms with Crippen LogP contribution in [0.1, 0.15) is 39.5 Å². The molecule has 1 heterocycles. The number of piperidine rings is 1. The second-order valence-electron chi connectivity index (χ2n) is 4.55. The summed E-state index contributed by atoms with van der Waals surface area (Å²) < 4.78 is 25.5. The van der Waals surface area contributed by atoms with Gasteiger partial charge in [0.1, 0.15) is 0 Å². The molecule has 2 atom stereocenters. The zero-order valence-corrected chi connectivity index (χ0v) is 11.0. The molecule has 96 valence electrons. The first-order valence-electron chi connectivity index (χ1n) is 6.17. The molecule has 1 aliphatic rings. The minimum atomic E-state index is -3.09. The Morgan fingerprint density at radius 2 is 2.06 bits per heavy atom. The van der Waals surface area contributed by atoms with Crippen molar-refractivity contribution in [1.29, 1.82) is 0 Å². The van der Waals surface area contributed by atoms with Crippen LogP contribution in [0.5, 0.6) is 0 Å². The highest BCUT2D eigenvalue weighted by Crippen LogP contribution is 2.22. The molecule has 0 aromatic carbocycles. The number of hydrogen-bond donors (Lipinski definition) is 1. The van der Waals surface area contributed by atoms with Crippen LogP contribution in [0.3, 0.4) is 0 Å². The third-order valence-corrected chi connectivity index (χ3v) is 5.25. The first kappa shape index (κ1) is 13.9. The van der Waals surface area contributed by atoms with E-state index in [1.165, 1.54) is 0 Å². The van der Waals surface area contributed by atoms with Crippen molar-refractivity contribution in [2.75, 3.05) is 18.8 Å². The highest BCUT2D eigenvalue weighted by atomic mass is 32.2. The lowest BCUT2D eigenvalue weighted by molar-refractivity contribution is 0.0521. The van der Waals surface area contributed by atoms with E-state index >= 15 is 0 Å². The van der Waals surface area contributed by atoms with Crippen LogP contribution in [-0.2, 0) is 10.0 Å². The Morgan fingerprint density at radius 3 is 2.62 bits per heavy atom. The van der Waals surface area contributed by atoms with Gasteiger partial charge in [-0.15, -0.1) is 0 Å². The summed E-state index contributed by atoms with van der Waals surface area (Å²) in [6, 6.07) is 0. The normalized spacial score (nSPS) is 28.2. The van der Waals surface area contributed by atoms with Gasteiger partial charge in [0.15, 0.2) is 0 Å². The smallest absolute Gasteiger partial charge is 0.214 e. The first-order chi connectivity index (χ1) is 7.51. The molecule has 0 aromatic heterocycles. The molecule has 5 heteroatoms. The summed E-state index contributed by atoms with van der Waals surface area (Å²) in [5.74, 6) is 0.348. The lowest BCUT2D eigenvalue weighted by atomic mass is 9.94. The number of aliphatic hydroxyl groups is 1. The summed E-state index contributed by atoms with van der Waals surface area (Å²) in [6.45, 7) is 4.95. The predicted octanol–water partition coefficient (Wildman–Crippen LogP) is 1.21. The molecule has 4 nitrogen and oxygen atoms in total. The molecule has 1 aliphatic heterocycles. The molecular formula is C11H23NO3S. The Hall–Kier alpha value is -0.130. The molecule has 1 fully saturated rings. The molecule has 0 amide bonds. The molecule has 16 heavy (non-hydrogen) atoms. The number of rotatable bonds is 5. The number of hydrogen-bond acceptors (Lipinski definition) is 3. The van der Waals surface area contributed by atoms with Crippen LogP contribution in [0, 0.1) is 5.92 Å². The maximum absolute atomic E-state index is 12.0. The van der Waals surface area contributed by atoms with Gasteiger partial charge in [-0.2, -0.15) is 0 Å². The summed E-state index contributed by atoms with van der Waals surface area (Å²) >= 11 is 0. The van der Waals surface area contributed by atoms with E-state index in [0.29, 0.717) is 19.5 Å². The van der Waals surface area contributed by atoms with Gasteiger partial charge in [0.2, 0.25) is 10.0 Å². The van der Waals surface area contributed by atoms with Crippen molar-refractivity contribution >= 4 is 10.0 Å². The van der Waals surface area contributed by atoms with Gasteiger partial charge in [-0.05, 0) is 25.2 Å². The van der Waals surface area contributed by atoms with E-state index in [1.54, 1.807) is 4.31 Å². The second-order valence-corrected chi connectivity index (χ2v) is 6.64. The molecule has 1 saturated heterocycles. The zero-order chi connectivity index (χ0) is 12.2. The molecule has 0 saturated carbocycles. The summed E-state index contributed by atoms with van der Waals surface area (Å²) in [5, 5.41) is 9.71. The maximum Gasteiger partial charge on any atom is 0.214 e. The summed E-state index contributed by atoms with van der Waals surface area (Å²) in [6.07, 6.45) is 2.69. The van der Waals surface area contributed by atoms with Crippen LogP contribution in [0.15, 0.2) is 0 Å². The van der Waals surface area contributed by atoms with E-state index in [-0.39, 0.29) is 17.8 Å². The Bertz CT molecular complexity index is 302. The quantitative estimate of drug-likeness (QED) is 0.796. The fraction of sp³-hybridized carbons (Fsp3) is 1.00. The van der Waals surface area contributed by atoms with Crippen molar-refractivity contribution < 1.29 is 13.5 Å². The molecule has 1 rings (SSSR count). The predicted molar refractivity (Wildman–Crippen MR) is 64.7 cm³/mol. The van der Waals surface area contributed by atoms with Gasteiger partial charge in [-0.25, -0.2) is 12.7 Å². The largest absolute Gasteiger partial charge is 0.393 e. The number of unbranched alkanes of at least 4 members (excludes halogenated alkanes) is 1. The highest BCUT2D eigenvalue weighted by molar-refractivity contribution is 7.89. The van der Waals surface area contributed by atoms with Crippen LogP contribution in [0.25, 0.3) is 0 Å². The van der Waals surface area contributed by atoms with Crippen molar-refractivity contribution in [1.82, 2.24) is 4.31 Å². The van der Waals surface area contributed by atoms with Crippen molar-refractivity contribution in [3.8, 4) is 0 Å². The van der Waals surface area contributed by atoms with Gasteiger partial charge in [-0.1, -0.05) is 20.3 Å². The van der Waals surface area contributed by atoms with Gasteiger partial charge in [-0.3, -0.25) is 0 Å². The van der Waals surface area contributed by atoms with Crippen molar-refractivity contribution in [2.24, 2.45) is 5.92 Å². The SMILES string of the molecule is CCCCS(=O)(=O)N1CCC(O)C(CC)C1. The lowest BCUT2D eigenvalue weighted by Gasteiger charge is -2.34. The van der Waals surface area contributed by atoms with E-state index in [0.717, 1.165) is 19.3 Å². The summed E-state index contributed by atoms with van der Waals surface area (Å²) in [7, 11) is -3.09. The van der Waals surface area contributed by atoms with Gasteiger partial charge >= 0.3 is 0 Å². The Kier molecular flexibility index (Phi) is 5.21. The highest BCUT2D eigenvalue weighted by Gasteiger charge is 2.32. The van der Waals surface area contributed by atoms with Crippen LogP contribution in [-0.4, -0.2) is 42.8 Å². The number of aliphatic hydroxyl groups excluding tert-OH is 1. The van der Waals surface area contributed by atoms with E-state index in [4.69, 9.17) is 0 Å². The van der Waals surface area contributed by atoms with Crippen molar-refractivity contribution in [2.45, 2.75) is 45.6 Å². The van der Waals surface area contributed by atoms with Gasteiger partial charge in [0, 0.05) is 13.1 Å². The minimum absolute atomic E-state index is 0.102. The first-order valence-corrected chi connectivity index (χ1v) is 7.78. The van der Waals surface area contributed by atoms with Crippen LogP contribution in [0.2, 0.25) is 0 Å². The van der Waals surface area contributed by atoms with Gasteiger partial charge < -0.3 is 5.11 Å². The van der Waals surface area contributed by atoms with Crippen molar-refractivity contribution in [3.63, 3.8) is 0 Å². The summed E-state index contributed by atoms with van der Waals surface area (Å²) in [4.78, 5) is 0. The van der Waals surface area contributed by atoms with E-state index in [1.807, 2.05) is 13.8 Å². The summed E-state index contributed by atoms with van der Waals surface area (Å²) in [5.41, 5.74) is 0. The standard InChI is InChI=1S/C11H23NO3S/c1-3-5-8-16(14,15)12-7-6-11(13)10(4-2)9-12/h10-11,13H,3-9H2,1-2H3. The molecule has 0 aliphatic carbocycles. The third-order valence-electron chi connectivity index (χ3n) is 3.33. The van der Waals surface area contributed by atoms with E-state index in [2.05, 4.69) is 0 Å². The number of sulfonamides is 1. The van der Waals surface area contributed by atoms with Crippen LogP contribution < -0.4 is 0 Å². The van der Waals surface area contributed by atoms with Gasteiger partial charge in [0.05, 0.1) is 11.9 Å². The second kappa shape index (κ2) is 5.98.